The minimum absolute atomic E-state index is 0.209. The molecule has 1 unspecified atom stereocenters. The van der Waals surface area contributed by atoms with Gasteiger partial charge in [0.15, 0.2) is 0 Å². The van der Waals surface area contributed by atoms with Crippen LogP contribution in [-0.4, -0.2) is 21.6 Å². The fourth-order valence-corrected chi connectivity index (χ4v) is 3.32. The lowest BCUT2D eigenvalue weighted by Gasteiger charge is -2.15. The van der Waals surface area contributed by atoms with Gasteiger partial charge in [-0.3, -0.25) is 14.3 Å². The third kappa shape index (κ3) is 5.39. The molecule has 0 saturated carbocycles. The Morgan fingerprint density at radius 2 is 1.78 bits per heavy atom. The summed E-state index contributed by atoms with van der Waals surface area (Å²) < 4.78 is 28.9. The number of amides is 2. The molecule has 1 aromatic heterocycles. The van der Waals surface area contributed by atoms with E-state index in [1.54, 1.807) is 23.7 Å². The van der Waals surface area contributed by atoms with Crippen LogP contribution in [-0.2, 0) is 9.59 Å². The summed E-state index contributed by atoms with van der Waals surface area (Å²) in [6, 6.07) is 9.32. The van der Waals surface area contributed by atoms with Crippen LogP contribution in [0, 0.1) is 25.5 Å². The van der Waals surface area contributed by atoms with Crippen molar-refractivity contribution in [1.29, 1.82) is 0 Å². The monoisotopic (exact) mass is 458 g/mol. The molecule has 0 radical (unpaired) electrons. The van der Waals surface area contributed by atoms with Crippen LogP contribution in [0.15, 0.2) is 48.5 Å². The highest BCUT2D eigenvalue weighted by molar-refractivity contribution is 6.34. The lowest BCUT2D eigenvalue weighted by Crippen LogP contribution is -2.25. The average Bonchev–Trinajstić information content (AvgIpc) is 3.07. The maximum atomic E-state index is 13.6. The Morgan fingerprint density at radius 3 is 2.38 bits per heavy atom. The van der Waals surface area contributed by atoms with Gasteiger partial charge in [0.25, 0.3) is 0 Å². The van der Waals surface area contributed by atoms with Gasteiger partial charge in [-0.05, 0) is 63.2 Å². The number of carbonyl (C=O) groups is 2. The van der Waals surface area contributed by atoms with Gasteiger partial charge in [0, 0.05) is 23.0 Å². The Balaban J connectivity index is 1.66. The van der Waals surface area contributed by atoms with E-state index in [0.717, 1.165) is 35.7 Å². The van der Waals surface area contributed by atoms with Crippen molar-refractivity contribution in [2.24, 2.45) is 0 Å². The van der Waals surface area contributed by atoms with Crippen LogP contribution >= 0.6 is 11.6 Å². The molecule has 0 fully saturated rings. The summed E-state index contributed by atoms with van der Waals surface area (Å²) in [6.07, 6.45) is 2.07. The van der Waals surface area contributed by atoms with Crippen molar-refractivity contribution in [1.82, 2.24) is 9.78 Å². The lowest BCUT2D eigenvalue weighted by atomic mass is 10.2. The number of hydrogen-bond donors (Lipinski definition) is 2. The number of nitrogens with zero attached hydrogens (tertiary/aromatic N) is 2. The first kappa shape index (κ1) is 23.1. The van der Waals surface area contributed by atoms with Crippen molar-refractivity contribution in [2.45, 2.75) is 26.8 Å². The van der Waals surface area contributed by atoms with Crippen LogP contribution < -0.4 is 10.6 Å². The summed E-state index contributed by atoms with van der Waals surface area (Å²) in [4.78, 5) is 24.7. The molecule has 0 saturated heterocycles. The van der Waals surface area contributed by atoms with E-state index < -0.39 is 23.6 Å². The first-order valence-corrected chi connectivity index (χ1v) is 10.1. The SMILES string of the molecule is Cc1cc(C)n(C(C)C(=O)Nc2ccc(NC(=O)/C=C/c3c(F)cccc3F)cc2Cl)n1. The predicted molar refractivity (Wildman–Crippen MR) is 121 cm³/mol. The second kappa shape index (κ2) is 9.74. The molecule has 3 aromatic rings. The molecular formula is C23H21ClF2N4O2. The molecule has 2 aromatic carbocycles. The van der Waals surface area contributed by atoms with Crippen LogP contribution in [0.3, 0.4) is 0 Å². The summed E-state index contributed by atoms with van der Waals surface area (Å²) in [6.45, 7) is 5.44. The molecule has 2 amide bonds. The highest BCUT2D eigenvalue weighted by atomic mass is 35.5. The molecule has 166 valence electrons. The van der Waals surface area contributed by atoms with E-state index >= 15 is 0 Å². The molecule has 0 aliphatic heterocycles. The highest BCUT2D eigenvalue weighted by Crippen LogP contribution is 2.26. The van der Waals surface area contributed by atoms with E-state index in [9.17, 15) is 18.4 Å². The predicted octanol–water partition coefficient (Wildman–Crippen LogP) is 5.28. The van der Waals surface area contributed by atoms with Gasteiger partial charge in [0.1, 0.15) is 17.7 Å². The Hall–Kier alpha value is -3.52. The van der Waals surface area contributed by atoms with Gasteiger partial charge >= 0.3 is 0 Å². The van der Waals surface area contributed by atoms with Crippen molar-refractivity contribution >= 4 is 40.9 Å². The summed E-state index contributed by atoms with van der Waals surface area (Å²) in [5.41, 5.74) is 2.08. The fraction of sp³-hybridized carbons (Fsp3) is 0.174. The number of halogens is 3. The number of hydrogen-bond acceptors (Lipinski definition) is 3. The van der Waals surface area contributed by atoms with Gasteiger partial charge in [-0.15, -0.1) is 0 Å². The molecular weight excluding hydrogens is 438 g/mol. The van der Waals surface area contributed by atoms with Gasteiger partial charge in [-0.25, -0.2) is 8.78 Å². The Bertz CT molecular complexity index is 1190. The quantitative estimate of drug-likeness (QED) is 0.493. The number of aromatic nitrogens is 2. The molecule has 3 rings (SSSR count). The third-order valence-corrected chi connectivity index (χ3v) is 5.00. The zero-order valence-corrected chi connectivity index (χ0v) is 18.4. The second-order valence-corrected chi connectivity index (χ2v) is 7.60. The summed E-state index contributed by atoms with van der Waals surface area (Å²) >= 11 is 6.25. The fourth-order valence-electron chi connectivity index (χ4n) is 3.09. The molecule has 1 atom stereocenters. The minimum atomic E-state index is -0.771. The number of rotatable bonds is 6. The zero-order chi connectivity index (χ0) is 23.4. The van der Waals surface area contributed by atoms with E-state index in [1.165, 1.54) is 12.1 Å². The number of aryl methyl sites for hydroxylation is 2. The van der Waals surface area contributed by atoms with E-state index in [0.29, 0.717) is 11.4 Å². The van der Waals surface area contributed by atoms with Gasteiger partial charge in [0.05, 0.1) is 16.4 Å². The van der Waals surface area contributed by atoms with Crippen molar-refractivity contribution in [3.8, 4) is 0 Å². The molecule has 2 N–H and O–H groups in total. The maximum Gasteiger partial charge on any atom is 0.248 e. The normalized spacial score (nSPS) is 12.1. The third-order valence-electron chi connectivity index (χ3n) is 4.69. The molecule has 0 aliphatic rings. The van der Waals surface area contributed by atoms with Gasteiger partial charge < -0.3 is 10.6 Å². The first-order chi connectivity index (χ1) is 15.2. The number of benzene rings is 2. The van der Waals surface area contributed by atoms with Crippen LogP contribution in [0.4, 0.5) is 20.2 Å². The van der Waals surface area contributed by atoms with E-state index in [4.69, 9.17) is 11.6 Å². The smallest absolute Gasteiger partial charge is 0.248 e. The minimum Gasteiger partial charge on any atom is -0.323 e. The zero-order valence-electron chi connectivity index (χ0n) is 17.6. The Labute approximate surface area is 188 Å². The standard InChI is InChI=1S/C23H21ClF2N4O2/c1-13-11-14(2)30(29-13)15(3)23(32)28-21-9-7-16(12-18(21)24)27-22(31)10-8-17-19(25)5-4-6-20(17)26/h4-12,15H,1-3H3,(H,27,31)(H,28,32)/b10-8+. The first-order valence-electron chi connectivity index (χ1n) is 9.72. The molecule has 1 heterocycles. The lowest BCUT2D eigenvalue weighted by molar-refractivity contribution is -0.119. The van der Waals surface area contributed by atoms with Crippen LogP contribution in [0.25, 0.3) is 6.08 Å². The van der Waals surface area contributed by atoms with Gasteiger partial charge in [-0.1, -0.05) is 17.7 Å². The van der Waals surface area contributed by atoms with E-state index in [1.807, 2.05) is 19.9 Å². The van der Waals surface area contributed by atoms with Crippen LogP contribution in [0.5, 0.6) is 0 Å². The molecule has 9 heteroatoms. The van der Waals surface area contributed by atoms with Crippen molar-refractivity contribution in [2.75, 3.05) is 10.6 Å². The van der Waals surface area contributed by atoms with Crippen molar-refractivity contribution in [3.05, 3.63) is 82.1 Å². The largest absolute Gasteiger partial charge is 0.323 e. The Kier molecular flexibility index (Phi) is 7.05. The van der Waals surface area contributed by atoms with E-state index in [-0.39, 0.29) is 16.5 Å². The summed E-state index contributed by atoms with van der Waals surface area (Å²) in [5, 5.41) is 9.82. The van der Waals surface area contributed by atoms with Gasteiger partial charge in [-0.2, -0.15) is 5.10 Å². The molecule has 0 aliphatic carbocycles. The van der Waals surface area contributed by atoms with Crippen LogP contribution in [0.2, 0.25) is 5.02 Å². The molecule has 0 spiro atoms. The molecule has 0 bridgehead atoms. The second-order valence-electron chi connectivity index (χ2n) is 7.19. The van der Waals surface area contributed by atoms with Gasteiger partial charge in [0.2, 0.25) is 11.8 Å². The van der Waals surface area contributed by atoms with Crippen LogP contribution in [0.1, 0.15) is 29.9 Å². The molecule has 6 nitrogen and oxygen atoms in total. The number of anilines is 2. The van der Waals surface area contributed by atoms with Crippen molar-refractivity contribution < 1.29 is 18.4 Å². The van der Waals surface area contributed by atoms with Crippen molar-refractivity contribution in [3.63, 3.8) is 0 Å². The number of nitrogens with one attached hydrogen (secondary N) is 2. The summed E-state index contributed by atoms with van der Waals surface area (Å²) in [5.74, 6) is -2.44. The number of carbonyl (C=O) groups excluding carboxylic acids is 2. The van der Waals surface area contributed by atoms with E-state index in [2.05, 4.69) is 15.7 Å². The highest BCUT2D eigenvalue weighted by Gasteiger charge is 2.19. The molecule has 32 heavy (non-hydrogen) atoms. The maximum absolute atomic E-state index is 13.6. The topological polar surface area (TPSA) is 76.0 Å². The Morgan fingerprint density at radius 1 is 1.09 bits per heavy atom. The summed E-state index contributed by atoms with van der Waals surface area (Å²) in [7, 11) is 0. The average molecular weight is 459 g/mol.